The van der Waals surface area contributed by atoms with E-state index < -0.39 is 12.2 Å². The molecule has 0 aromatic carbocycles. The molecule has 1 saturated heterocycles. The Morgan fingerprint density at radius 1 is 1.24 bits per heavy atom. The Balaban J connectivity index is 1.80. The van der Waals surface area contributed by atoms with Crippen LogP contribution in [-0.4, -0.2) is 59.5 Å². The van der Waals surface area contributed by atoms with Crippen molar-refractivity contribution in [3.63, 3.8) is 0 Å². The smallest absolute Gasteiger partial charge is 0.0938 e. The topological polar surface area (TPSA) is 55.7 Å². The number of nitrogens with one attached hydrogen (secondary N) is 1. The maximum absolute atomic E-state index is 9.56. The van der Waals surface area contributed by atoms with Crippen molar-refractivity contribution in [2.45, 2.75) is 51.4 Å². The average Bonchev–Trinajstić information content (AvgIpc) is 3.05. The normalized spacial score (nSPS) is 33.9. The summed E-state index contributed by atoms with van der Waals surface area (Å²) in [6.45, 7) is 7.73. The van der Waals surface area contributed by atoms with Crippen LogP contribution in [0, 0.1) is 5.41 Å². The van der Waals surface area contributed by atoms with Gasteiger partial charge in [0.2, 0.25) is 0 Å². The first kappa shape index (κ1) is 13.3. The number of β-amino-alcohol motifs (C(OH)–C–C–N with tert-alkyl or cyclic N) is 2. The lowest BCUT2D eigenvalue weighted by Gasteiger charge is -2.33. The zero-order chi connectivity index (χ0) is 12.5. The van der Waals surface area contributed by atoms with Crippen molar-refractivity contribution in [1.29, 1.82) is 0 Å². The van der Waals surface area contributed by atoms with Gasteiger partial charge >= 0.3 is 0 Å². The second-order valence-corrected chi connectivity index (χ2v) is 6.15. The summed E-state index contributed by atoms with van der Waals surface area (Å²) in [4.78, 5) is 2.19. The molecule has 4 nitrogen and oxygen atoms in total. The quantitative estimate of drug-likeness (QED) is 0.622. The Morgan fingerprint density at radius 2 is 1.82 bits per heavy atom. The second kappa shape index (κ2) is 5.22. The number of hydrogen-bond donors (Lipinski definition) is 3. The molecule has 0 bridgehead atoms. The Kier molecular flexibility index (Phi) is 4.08. The fourth-order valence-electron chi connectivity index (χ4n) is 2.49. The molecule has 2 fully saturated rings. The van der Waals surface area contributed by atoms with Crippen LogP contribution in [0.4, 0.5) is 0 Å². The number of likely N-dealkylation sites (tertiary alicyclic amines) is 1. The highest BCUT2D eigenvalue weighted by molar-refractivity contribution is 4.90. The number of aliphatic hydroxyl groups excluding tert-OH is 2. The van der Waals surface area contributed by atoms with Crippen LogP contribution in [0.1, 0.15) is 33.1 Å². The molecule has 17 heavy (non-hydrogen) atoms. The van der Waals surface area contributed by atoms with Crippen molar-refractivity contribution in [3.05, 3.63) is 0 Å². The van der Waals surface area contributed by atoms with Gasteiger partial charge in [-0.1, -0.05) is 13.8 Å². The Bertz CT molecular complexity index is 248. The van der Waals surface area contributed by atoms with Gasteiger partial charge in [-0.05, 0) is 24.7 Å². The summed E-state index contributed by atoms with van der Waals surface area (Å²) >= 11 is 0. The predicted octanol–water partition coefficient (Wildman–Crippen LogP) is 0.192. The highest BCUT2D eigenvalue weighted by Crippen LogP contribution is 2.26. The number of aliphatic hydroxyl groups is 2. The van der Waals surface area contributed by atoms with Crippen LogP contribution in [0.5, 0.6) is 0 Å². The third-order valence-corrected chi connectivity index (χ3v) is 4.19. The van der Waals surface area contributed by atoms with Crippen LogP contribution in [0.15, 0.2) is 0 Å². The molecule has 0 aromatic rings. The molecule has 100 valence electrons. The van der Waals surface area contributed by atoms with E-state index in [9.17, 15) is 10.2 Å². The van der Waals surface area contributed by atoms with Crippen LogP contribution in [0.2, 0.25) is 0 Å². The third kappa shape index (κ3) is 3.65. The molecule has 1 aliphatic heterocycles. The molecule has 0 aromatic heterocycles. The first-order valence-electron chi connectivity index (χ1n) is 6.84. The van der Waals surface area contributed by atoms with Gasteiger partial charge < -0.3 is 15.5 Å². The van der Waals surface area contributed by atoms with Crippen molar-refractivity contribution >= 4 is 0 Å². The molecule has 3 unspecified atom stereocenters. The lowest BCUT2D eigenvalue weighted by Crippen LogP contribution is -2.42. The molecule has 3 N–H and O–H groups in total. The lowest BCUT2D eigenvalue weighted by molar-refractivity contribution is 0.0572. The molecule has 2 aliphatic rings. The molecule has 4 heteroatoms. The summed E-state index contributed by atoms with van der Waals surface area (Å²) in [6, 6.07) is 0.746. The molecule has 3 atom stereocenters. The summed E-state index contributed by atoms with van der Waals surface area (Å²) in [5.41, 5.74) is 0.242. The van der Waals surface area contributed by atoms with Gasteiger partial charge in [-0.3, -0.25) is 4.90 Å². The summed E-state index contributed by atoms with van der Waals surface area (Å²) in [5.74, 6) is 0. The third-order valence-electron chi connectivity index (χ3n) is 4.19. The molecular formula is C13H26N2O2. The summed E-state index contributed by atoms with van der Waals surface area (Å²) in [6.07, 6.45) is 2.64. The molecule has 2 rings (SSSR count). The van der Waals surface area contributed by atoms with Crippen LogP contribution in [0.3, 0.4) is 0 Å². The minimum absolute atomic E-state index is 0.242. The molecule has 0 radical (unpaired) electrons. The lowest BCUT2D eigenvalue weighted by atomic mass is 9.86. The van der Waals surface area contributed by atoms with Crippen LogP contribution in [-0.2, 0) is 0 Å². The van der Waals surface area contributed by atoms with Crippen molar-refractivity contribution in [2.75, 3.05) is 26.2 Å². The van der Waals surface area contributed by atoms with E-state index in [-0.39, 0.29) is 5.41 Å². The Hall–Kier alpha value is -0.160. The summed E-state index contributed by atoms with van der Waals surface area (Å²) in [5, 5.41) is 22.7. The maximum atomic E-state index is 9.56. The van der Waals surface area contributed by atoms with E-state index in [1.807, 2.05) is 0 Å². The molecule has 0 amide bonds. The summed E-state index contributed by atoms with van der Waals surface area (Å²) in [7, 11) is 0. The molecule has 0 spiro atoms. The van der Waals surface area contributed by atoms with E-state index in [0.29, 0.717) is 13.1 Å². The standard InChI is InChI=1S/C13H26N2O2/c1-3-13(2,8-14-10-4-5-10)9-15-6-11(16)12(17)7-15/h10-12,14,16-17H,3-9H2,1-2H3. The Labute approximate surface area is 104 Å². The fraction of sp³-hybridized carbons (Fsp3) is 1.00. The number of nitrogens with zero attached hydrogens (tertiary/aromatic N) is 1. The molecule has 1 heterocycles. The summed E-state index contributed by atoms with van der Waals surface area (Å²) < 4.78 is 0. The highest BCUT2D eigenvalue weighted by Gasteiger charge is 2.35. The SMILES string of the molecule is CCC(C)(CNC1CC1)CN1CC(O)C(O)C1. The molecule has 1 saturated carbocycles. The van der Waals surface area contributed by atoms with E-state index >= 15 is 0 Å². The fourth-order valence-corrected chi connectivity index (χ4v) is 2.49. The number of rotatable bonds is 6. The van der Waals surface area contributed by atoms with Gasteiger partial charge in [-0.15, -0.1) is 0 Å². The first-order chi connectivity index (χ1) is 8.02. The minimum Gasteiger partial charge on any atom is -0.389 e. The van der Waals surface area contributed by atoms with E-state index in [0.717, 1.165) is 25.6 Å². The molecule has 1 aliphatic carbocycles. The Morgan fingerprint density at radius 3 is 2.29 bits per heavy atom. The zero-order valence-corrected chi connectivity index (χ0v) is 11.0. The van der Waals surface area contributed by atoms with Gasteiger partial charge in [0.1, 0.15) is 0 Å². The van der Waals surface area contributed by atoms with Gasteiger partial charge in [0, 0.05) is 32.2 Å². The largest absolute Gasteiger partial charge is 0.389 e. The van der Waals surface area contributed by atoms with Crippen molar-refractivity contribution in [3.8, 4) is 0 Å². The minimum atomic E-state index is -0.563. The van der Waals surface area contributed by atoms with E-state index in [4.69, 9.17) is 0 Å². The van der Waals surface area contributed by atoms with E-state index in [1.165, 1.54) is 12.8 Å². The van der Waals surface area contributed by atoms with E-state index in [2.05, 4.69) is 24.1 Å². The second-order valence-electron chi connectivity index (χ2n) is 6.15. The van der Waals surface area contributed by atoms with Crippen molar-refractivity contribution in [1.82, 2.24) is 10.2 Å². The highest BCUT2D eigenvalue weighted by atomic mass is 16.3. The van der Waals surface area contributed by atoms with Crippen LogP contribution in [0.25, 0.3) is 0 Å². The average molecular weight is 242 g/mol. The monoisotopic (exact) mass is 242 g/mol. The van der Waals surface area contributed by atoms with Crippen molar-refractivity contribution in [2.24, 2.45) is 5.41 Å². The van der Waals surface area contributed by atoms with Gasteiger partial charge in [0.15, 0.2) is 0 Å². The number of hydrogen-bond acceptors (Lipinski definition) is 4. The van der Waals surface area contributed by atoms with E-state index in [1.54, 1.807) is 0 Å². The first-order valence-corrected chi connectivity index (χ1v) is 6.84. The van der Waals surface area contributed by atoms with Crippen molar-refractivity contribution < 1.29 is 10.2 Å². The zero-order valence-electron chi connectivity index (χ0n) is 11.0. The molecular weight excluding hydrogens is 216 g/mol. The van der Waals surface area contributed by atoms with Crippen LogP contribution < -0.4 is 5.32 Å². The van der Waals surface area contributed by atoms with Gasteiger partial charge in [-0.2, -0.15) is 0 Å². The van der Waals surface area contributed by atoms with Crippen LogP contribution >= 0.6 is 0 Å². The maximum Gasteiger partial charge on any atom is 0.0938 e. The predicted molar refractivity (Wildman–Crippen MR) is 67.9 cm³/mol. The van der Waals surface area contributed by atoms with Gasteiger partial charge in [-0.25, -0.2) is 0 Å². The van der Waals surface area contributed by atoms with Gasteiger partial charge in [0.25, 0.3) is 0 Å². The van der Waals surface area contributed by atoms with Gasteiger partial charge in [0.05, 0.1) is 12.2 Å².